The summed E-state index contributed by atoms with van der Waals surface area (Å²) in [7, 11) is 0. The van der Waals surface area contributed by atoms with Crippen LogP contribution in [0.25, 0.3) is 0 Å². The third-order valence-electron chi connectivity index (χ3n) is 1.99. The molecule has 0 fully saturated rings. The summed E-state index contributed by atoms with van der Waals surface area (Å²) in [6.07, 6.45) is 0. The largest absolute Gasteiger partial charge is 0.488 e. The van der Waals surface area contributed by atoms with Crippen LogP contribution in [0.5, 0.6) is 5.75 Å². The van der Waals surface area contributed by atoms with Crippen molar-refractivity contribution >= 4 is 12.4 Å². The summed E-state index contributed by atoms with van der Waals surface area (Å²) in [4.78, 5) is 0. The van der Waals surface area contributed by atoms with Crippen molar-refractivity contribution in [1.82, 2.24) is 0 Å². The first-order chi connectivity index (χ1) is 6.92. The molecule has 0 aliphatic rings. The van der Waals surface area contributed by atoms with E-state index in [0.29, 0.717) is 6.54 Å². The molecule has 16 heavy (non-hydrogen) atoms. The lowest BCUT2D eigenvalue weighted by Crippen LogP contribution is -2.23. The minimum Gasteiger partial charge on any atom is -0.488 e. The Balaban J connectivity index is 0.00000225. The molecule has 0 saturated carbocycles. The van der Waals surface area contributed by atoms with Gasteiger partial charge < -0.3 is 16.2 Å². The molecule has 0 amide bonds. The summed E-state index contributed by atoms with van der Waals surface area (Å²) in [5.74, 6) is 0.857. The van der Waals surface area contributed by atoms with Crippen LogP contribution in [0, 0.1) is 0 Å². The molecule has 3 nitrogen and oxygen atoms in total. The van der Waals surface area contributed by atoms with Crippen LogP contribution in [0.4, 0.5) is 0 Å². The third kappa shape index (κ3) is 4.84. The number of benzene rings is 1. The van der Waals surface area contributed by atoms with E-state index in [2.05, 4.69) is 0 Å². The van der Waals surface area contributed by atoms with Crippen molar-refractivity contribution in [2.75, 3.05) is 6.54 Å². The molecule has 0 heterocycles. The molecule has 0 aromatic heterocycles. The van der Waals surface area contributed by atoms with Crippen LogP contribution in [0.2, 0.25) is 0 Å². The van der Waals surface area contributed by atoms with Crippen molar-refractivity contribution in [2.24, 2.45) is 11.5 Å². The lowest BCUT2D eigenvalue weighted by molar-refractivity contribution is 0.131. The molecule has 0 unspecified atom stereocenters. The topological polar surface area (TPSA) is 61.3 Å². The minimum atomic E-state index is -0.169. The summed E-state index contributed by atoms with van der Waals surface area (Å²) < 4.78 is 5.70. The maximum absolute atomic E-state index is 5.81. The van der Waals surface area contributed by atoms with E-state index in [4.69, 9.17) is 16.2 Å². The summed E-state index contributed by atoms with van der Waals surface area (Å²) >= 11 is 0. The van der Waals surface area contributed by atoms with Gasteiger partial charge in [-0.2, -0.15) is 0 Å². The molecule has 4 heteroatoms. The molecule has 0 radical (unpaired) electrons. The summed E-state index contributed by atoms with van der Waals surface area (Å²) in [6.45, 7) is 6.52. The summed E-state index contributed by atoms with van der Waals surface area (Å²) in [5, 5.41) is 0. The lowest BCUT2D eigenvalue weighted by Gasteiger charge is -2.21. The molecule has 0 bridgehead atoms. The van der Waals surface area contributed by atoms with Gasteiger partial charge in [-0.15, -0.1) is 12.4 Å². The van der Waals surface area contributed by atoms with Crippen LogP contribution < -0.4 is 16.2 Å². The van der Waals surface area contributed by atoms with E-state index in [9.17, 15) is 0 Å². The van der Waals surface area contributed by atoms with Crippen molar-refractivity contribution in [3.05, 3.63) is 29.8 Å². The Morgan fingerprint density at radius 3 is 2.06 bits per heavy atom. The van der Waals surface area contributed by atoms with Crippen LogP contribution in [0.1, 0.15) is 32.4 Å². The maximum atomic E-state index is 5.81. The molecule has 1 aromatic carbocycles. The monoisotopic (exact) mass is 244 g/mol. The molecule has 0 aliphatic carbocycles. The smallest absolute Gasteiger partial charge is 0.120 e. The molecule has 0 saturated heterocycles. The number of nitrogens with two attached hydrogens (primary N) is 2. The van der Waals surface area contributed by atoms with E-state index in [-0.39, 0.29) is 24.0 Å². The van der Waals surface area contributed by atoms with E-state index < -0.39 is 0 Å². The highest BCUT2D eigenvalue weighted by Gasteiger charge is 2.11. The highest BCUT2D eigenvalue weighted by Crippen LogP contribution is 2.20. The standard InChI is InChI=1S/C12H20N2O.ClH/c1-12(2,3)15-10-6-4-9(5-7-10)11(14)8-13;/h4-7,11H,8,13-14H2,1-3H3;1H/t11-;/m1./s1. The molecule has 4 N–H and O–H groups in total. The fraction of sp³-hybridized carbons (Fsp3) is 0.500. The molecule has 1 atom stereocenters. The zero-order chi connectivity index (χ0) is 11.5. The second-order valence-corrected chi connectivity index (χ2v) is 4.63. The molecule has 0 aliphatic heterocycles. The number of ether oxygens (including phenoxy) is 1. The third-order valence-corrected chi connectivity index (χ3v) is 1.99. The van der Waals surface area contributed by atoms with Crippen molar-refractivity contribution in [3.63, 3.8) is 0 Å². The normalized spacial score (nSPS) is 12.8. The Labute approximate surface area is 104 Å². The molecular formula is C12H21ClN2O. The Kier molecular flexibility index (Phi) is 5.79. The summed E-state index contributed by atoms with van der Waals surface area (Å²) in [6, 6.07) is 7.68. The van der Waals surface area contributed by atoms with Gasteiger partial charge in [-0.3, -0.25) is 0 Å². The van der Waals surface area contributed by atoms with Gasteiger partial charge in [0.1, 0.15) is 11.4 Å². The Morgan fingerprint density at radius 1 is 1.19 bits per heavy atom. The van der Waals surface area contributed by atoms with Gasteiger partial charge in [0.15, 0.2) is 0 Å². The van der Waals surface area contributed by atoms with Crippen LogP contribution in [0.3, 0.4) is 0 Å². The second kappa shape index (κ2) is 6.09. The minimum absolute atomic E-state index is 0. The zero-order valence-corrected chi connectivity index (χ0v) is 10.9. The predicted molar refractivity (Wildman–Crippen MR) is 70.1 cm³/mol. The summed E-state index contributed by atoms with van der Waals surface area (Å²) in [5.41, 5.74) is 12.2. The van der Waals surface area contributed by atoms with Gasteiger partial charge in [0.05, 0.1) is 0 Å². The molecule has 0 spiro atoms. The van der Waals surface area contributed by atoms with Crippen molar-refractivity contribution in [2.45, 2.75) is 32.4 Å². The van der Waals surface area contributed by atoms with Crippen molar-refractivity contribution in [3.8, 4) is 5.75 Å². The quantitative estimate of drug-likeness (QED) is 0.857. The molecule has 92 valence electrons. The first-order valence-corrected chi connectivity index (χ1v) is 5.17. The molecule has 1 aromatic rings. The molecule has 1 rings (SSSR count). The van der Waals surface area contributed by atoms with Crippen LogP contribution >= 0.6 is 12.4 Å². The van der Waals surface area contributed by atoms with Gasteiger partial charge in [0, 0.05) is 12.6 Å². The average molecular weight is 245 g/mol. The van der Waals surface area contributed by atoms with Gasteiger partial charge in [-0.05, 0) is 38.5 Å². The Hall–Kier alpha value is -0.770. The number of hydrogen-bond donors (Lipinski definition) is 2. The fourth-order valence-electron chi connectivity index (χ4n) is 1.27. The number of halogens is 1. The van der Waals surface area contributed by atoms with Crippen molar-refractivity contribution < 1.29 is 4.74 Å². The van der Waals surface area contributed by atoms with E-state index in [1.807, 2.05) is 45.0 Å². The van der Waals surface area contributed by atoms with Gasteiger partial charge in [-0.25, -0.2) is 0 Å². The van der Waals surface area contributed by atoms with Gasteiger partial charge in [0.2, 0.25) is 0 Å². The maximum Gasteiger partial charge on any atom is 0.120 e. The van der Waals surface area contributed by atoms with Gasteiger partial charge in [-0.1, -0.05) is 12.1 Å². The number of hydrogen-bond acceptors (Lipinski definition) is 3. The van der Waals surface area contributed by atoms with E-state index >= 15 is 0 Å². The highest BCUT2D eigenvalue weighted by atomic mass is 35.5. The number of rotatable bonds is 3. The van der Waals surface area contributed by atoms with Gasteiger partial charge >= 0.3 is 0 Å². The second-order valence-electron chi connectivity index (χ2n) is 4.63. The van der Waals surface area contributed by atoms with E-state index in [0.717, 1.165) is 11.3 Å². The van der Waals surface area contributed by atoms with E-state index in [1.165, 1.54) is 0 Å². The Bertz CT molecular complexity index is 306. The first kappa shape index (κ1) is 15.2. The predicted octanol–water partition coefficient (Wildman–Crippen LogP) is 2.24. The van der Waals surface area contributed by atoms with E-state index in [1.54, 1.807) is 0 Å². The first-order valence-electron chi connectivity index (χ1n) is 5.17. The fourth-order valence-corrected chi connectivity index (χ4v) is 1.27. The highest BCUT2D eigenvalue weighted by molar-refractivity contribution is 5.85. The van der Waals surface area contributed by atoms with Crippen LogP contribution in [-0.4, -0.2) is 12.1 Å². The van der Waals surface area contributed by atoms with Gasteiger partial charge in [0.25, 0.3) is 0 Å². The average Bonchev–Trinajstić information content (AvgIpc) is 2.15. The molecular weight excluding hydrogens is 224 g/mol. The van der Waals surface area contributed by atoms with Crippen molar-refractivity contribution in [1.29, 1.82) is 0 Å². The Morgan fingerprint density at radius 2 is 1.69 bits per heavy atom. The zero-order valence-electron chi connectivity index (χ0n) is 10.1. The van der Waals surface area contributed by atoms with Crippen LogP contribution in [-0.2, 0) is 0 Å². The lowest BCUT2D eigenvalue weighted by atomic mass is 10.1. The van der Waals surface area contributed by atoms with Crippen LogP contribution in [0.15, 0.2) is 24.3 Å². The SMILES string of the molecule is CC(C)(C)Oc1ccc([C@H](N)CN)cc1.Cl.